The third-order valence-corrected chi connectivity index (χ3v) is 2.71. The van der Waals surface area contributed by atoms with Gasteiger partial charge in [-0.1, -0.05) is 0 Å². The maximum Gasteiger partial charge on any atom is 0.417 e. The van der Waals surface area contributed by atoms with Crippen molar-refractivity contribution >= 4 is 5.69 Å². The molecule has 1 unspecified atom stereocenters. The molecule has 7 heteroatoms. The van der Waals surface area contributed by atoms with Gasteiger partial charge in [0.05, 0.1) is 23.2 Å². The zero-order valence-corrected chi connectivity index (χ0v) is 11.3. The minimum atomic E-state index is -4.58. The van der Waals surface area contributed by atoms with E-state index >= 15 is 0 Å². The SMILES string of the molecule is COC(OC)C(C)Nc1ccc(C#N)c(C(F)(F)F)c1. The van der Waals surface area contributed by atoms with Gasteiger partial charge in [0, 0.05) is 19.9 Å². The number of benzene rings is 1. The van der Waals surface area contributed by atoms with Crippen LogP contribution in [0.5, 0.6) is 0 Å². The molecule has 1 aromatic carbocycles. The summed E-state index contributed by atoms with van der Waals surface area (Å²) in [7, 11) is 2.87. The highest BCUT2D eigenvalue weighted by Gasteiger charge is 2.34. The van der Waals surface area contributed by atoms with Crippen LogP contribution >= 0.6 is 0 Å². The number of halogens is 3. The van der Waals surface area contributed by atoms with Crippen LogP contribution in [0.2, 0.25) is 0 Å². The first kappa shape index (κ1) is 16.3. The molecule has 0 radical (unpaired) electrons. The first-order valence-corrected chi connectivity index (χ1v) is 5.77. The Balaban J connectivity index is 3.02. The van der Waals surface area contributed by atoms with E-state index < -0.39 is 23.6 Å². The average Bonchev–Trinajstić information content (AvgIpc) is 2.39. The van der Waals surface area contributed by atoms with Gasteiger partial charge in [-0.3, -0.25) is 0 Å². The fraction of sp³-hybridized carbons (Fsp3) is 0.462. The lowest BCUT2D eigenvalue weighted by Crippen LogP contribution is -2.33. The Kier molecular flexibility index (Phi) is 5.36. The molecular weight excluding hydrogens is 273 g/mol. The minimum Gasteiger partial charge on any atom is -0.377 e. The number of rotatable bonds is 5. The molecule has 1 atom stereocenters. The van der Waals surface area contributed by atoms with Crippen molar-refractivity contribution in [1.29, 1.82) is 5.26 Å². The second-order valence-corrected chi connectivity index (χ2v) is 4.14. The third kappa shape index (κ3) is 3.85. The van der Waals surface area contributed by atoms with Gasteiger partial charge in [0.2, 0.25) is 0 Å². The topological polar surface area (TPSA) is 54.3 Å². The smallest absolute Gasteiger partial charge is 0.377 e. The minimum absolute atomic E-state index is 0.239. The van der Waals surface area contributed by atoms with Crippen molar-refractivity contribution in [1.82, 2.24) is 0 Å². The molecule has 0 saturated carbocycles. The van der Waals surface area contributed by atoms with Crippen molar-refractivity contribution in [2.45, 2.75) is 25.4 Å². The van der Waals surface area contributed by atoms with E-state index in [4.69, 9.17) is 14.7 Å². The van der Waals surface area contributed by atoms with Crippen LogP contribution in [-0.4, -0.2) is 26.6 Å². The summed E-state index contributed by atoms with van der Waals surface area (Å²) in [6, 6.07) is 4.61. The van der Waals surface area contributed by atoms with Gasteiger partial charge in [-0.2, -0.15) is 18.4 Å². The number of hydrogen-bond acceptors (Lipinski definition) is 4. The molecule has 0 amide bonds. The third-order valence-electron chi connectivity index (χ3n) is 2.71. The van der Waals surface area contributed by atoms with Crippen LogP contribution in [0, 0.1) is 11.3 Å². The molecule has 0 aliphatic carbocycles. The van der Waals surface area contributed by atoms with Crippen LogP contribution in [-0.2, 0) is 15.7 Å². The number of nitrogens with zero attached hydrogens (tertiary/aromatic N) is 1. The van der Waals surface area contributed by atoms with Gasteiger partial charge in [0.25, 0.3) is 0 Å². The van der Waals surface area contributed by atoms with Crippen molar-refractivity contribution in [3.63, 3.8) is 0 Å². The molecule has 0 heterocycles. The van der Waals surface area contributed by atoms with Gasteiger partial charge in [-0.15, -0.1) is 0 Å². The molecule has 1 rings (SSSR count). The number of ether oxygens (including phenoxy) is 2. The largest absolute Gasteiger partial charge is 0.417 e. The summed E-state index contributed by atoms with van der Waals surface area (Å²) >= 11 is 0. The lowest BCUT2D eigenvalue weighted by Gasteiger charge is -2.23. The Hall–Kier alpha value is -1.78. The average molecular weight is 288 g/mol. The van der Waals surface area contributed by atoms with E-state index in [-0.39, 0.29) is 11.7 Å². The fourth-order valence-corrected chi connectivity index (χ4v) is 1.80. The van der Waals surface area contributed by atoms with Crippen LogP contribution in [0.15, 0.2) is 18.2 Å². The highest BCUT2D eigenvalue weighted by molar-refractivity contribution is 5.53. The van der Waals surface area contributed by atoms with Crippen molar-refractivity contribution in [3.05, 3.63) is 29.3 Å². The molecule has 0 aliphatic heterocycles. The predicted molar refractivity (Wildman–Crippen MR) is 67.0 cm³/mol. The van der Waals surface area contributed by atoms with Gasteiger partial charge in [0.1, 0.15) is 0 Å². The summed E-state index contributed by atoms with van der Waals surface area (Å²) < 4.78 is 48.5. The molecule has 0 spiro atoms. The van der Waals surface area contributed by atoms with E-state index in [1.54, 1.807) is 6.92 Å². The maximum absolute atomic E-state index is 12.8. The standard InChI is InChI=1S/C13H15F3N2O2/c1-8(12(19-2)20-3)18-10-5-4-9(7-17)11(6-10)13(14,15)16/h4-6,8,12,18H,1-3H3. The van der Waals surface area contributed by atoms with Gasteiger partial charge in [-0.05, 0) is 25.1 Å². The predicted octanol–water partition coefficient (Wildman–Crippen LogP) is 3.00. The zero-order chi connectivity index (χ0) is 15.3. The van der Waals surface area contributed by atoms with E-state index in [9.17, 15) is 13.2 Å². The summed E-state index contributed by atoms with van der Waals surface area (Å²) in [5.74, 6) is 0. The molecule has 0 fully saturated rings. The summed E-state index contributed by atoms with van der Waals surface area (Å²) in [6.45, 7) is 1.71. The first-order chi connectivity index (χ1) is 9.33. The summed E-state index contributed by atoms with van der Waals surface area (Å²) in [4.78, 5) is 0. The molecule has 4 nitrogen and oxygen atoms in total. The normalized spacial score (nSPS) is 13.1. The van der Waals surface area contributed by atoms with Crippen LogP contribution in [0.1, 0.15) is 18.1 Å². The second-order valence-electron chi connectivity index (χ2n) is 4.14. The Bertz CT molecular complexity index is 493. The highest BCUT2D eigenvalue weighted by Crippen LogP contribution is 2.33. The van der Waals surface area contributed by atoms with E-state index in [1.165, 1.54) is 26.4 Å². The van der Waals surface area contributed by atoms with E-state index in [0.717, 1.165) is 12.1 Å². The van der Waals surface area contributed by atoms with Crippen molar-refractivity contribution in [3.8, 4) is 6.07 Å². The Morgan fingerprint density at radius 1 is 1.25 bits per heavy atom. The van der Waals surface area contributed by atoms with Gasteiger partial charge < -0.3 is 14.8 Å². The highest BCUT2D eigenvalue weighted by atomic mass is 19.4. The number of nitrogens with one attached hydrogen (secondary N) is 1. The van der Waals surface area contributed by atoms with E-state index in [0.29, 0.717) is 0 Å². The van der Waals surface area contributed by atoms with Gasteiger partial charge in [-0.25, -0.2) is 0 Å². The molecule has 0 saturated heterocycles. The molecule has 0 aliphatic rings. The number of nitriles is 1. The van der Waals surface area contributed by atoms with Crippen molar-refractivity contribution in [2.75, 3.05) is 19.5 Å². The Morgan fingerprint density at radius 3 is 2.30 bits per heavy atom. The molecule has 0 bridgehead atoms. The number of hydrogen-bond donors (Lipinski definition) is 1. The molecule has 110 valence electrons. The van der Waals surface area contributed by atoms with E-state index in [1.807, 2.05) is 0 Å². The van der Waals surface area contributed by atoms with E-state index in [2.05, 4.69) is 5.32 Å². The number of alkyl halides is 3. The molecule has 1 aromatic rings. The molecule has 1 N–H and O–H groups in total. The fourth-order valence-electron chi connectivity index (χ4n) is 1.80. The van der Waals surface area contributed by atoms with Crippen LogP contribution < -0.4 is 5.32 Å². The number of anilines is 1. The van der Waals surface area contributed by atoms with Gasteiger partial charge in [0.15, 0.2) is 6.29 Å². The first-order valence-electron chi connectivity index (χ1n) is 5.77. The van der Waals surface area contributed by atoms with Crippen molar-refractivity contribution in [2.24, 2.45) is 0 Å². The maximum atomic E-state index is 12.8. The van der Waals surface area contributed by atoms with Crippen LogP contribution in [0.4, 0.5) is 18.9 Å². The zero-order valence-electron chi connectivity index (χ0n) is 11.3. The Labute approximate surface area is 115 Å². The number of methoxy groups -OCH3 is 2. The van der Waals surface area contributed by atoms with Crippen LogP contribution in [0.25, 0.3) is 0 Å². The van der Waals surface area contributed by atoms with Crippen molar-refractivity contribution < 1.29 is 22.6 Å². The van der Waals surface area contributed by atoms with Crippen LogP contribution in [0.3, 0.4) is 0 Å². The Morgan fingerprint density at radius 2 is 1.85 bits per heavy atom. The lowest BCUT2D eigenvalue weighted by molar-refractivity contribution is -0.137. The monoisotopic (exact) mass is 288 g/mol. The quantitative estimate of drug-likeness (QED) is 0.846. The molecule has 0 aromatic heterocycles. The summed E-state index contributed by atoms with van der Waals surface area (Å²) in [5, 5.41) is 11.6. The molecular formula is C13H15F3N2O2. The van der Waals surface area contributed by atoms with Gasteiger partial charge >= 0.3 is 6.18 Å². The summed E-state index contributed by atoms with van der Waals surface area (Å²) in [6.07, 6.45) is -5.17. The lowest BCUT2D eigenvalue weighted by atomic mass is 10.1. The second kappa shape index (κ2) is 6.59. The molecule has 20 heavy (non-hydrogen) atoms. The summed E-state index contributed by atoms with van der Waals surface area (Å²) in [5.41, 5.74) is -1.14.